The van der Waals surface area contributed by atoms with Crippen molar-refractivity contribution in [2.24, 2.45) is 0 Å². The summed E-state index contributed by atoms with van der Waals surface area (Å²) in [6, 6.07) is 9.03. The van der Waals surface area contributed by atoms with Crippen LogP contribution in [0, 0.1) is 0 Å². The van der Waals surface area contributed by atoms with Crippen LogP contribution in [0.5, 0.6) is 0 Å². The van der Waals surface area contributed by atoms with Crippen molar-refractivity contribution in [3.63, 3.8) is 0 Å². The van der Waals surface area contributed by atoms with Gasteiger partial charge in [-0.25, -0.2) is 4.79 Å². The van der Waals surface area contributed by atoms with Gasteiger partial charge in [0.25, 0.3) is 0 Å². The molecule has 64 valence electrons. The summed E-state index contributed by atoms with van der Waals surface area (Å²) in [4.78, 5) is 11.2. The van der Waals surface area contributed by atoms with E-state index in [1.807, 2.05) is 25.1 Å². The molecule has 0 fully saturated rings. The first-order chi connectivity index (χ1) is 5.84. The van der Waals surface area contributed by atoms with Gasteiger partial charge in [-0.3, -0.25) is 0 Å². The van der Waals surface area contributed by atoms with Gasteiger partial charge in [-0.15, -0.1) is 0 Å². The summed E-state index contributed by atoms with van der Waals surface area (Å²) in [7, 11) is 0.271. The van der Waals surface area contributed by atoms with Crippen molar-refractivity contribution in [2.75, 3.05) is 6.16 Å². The van der Waals surface area contributed by atoms with E-state index in [0.29, 0.717) is 5.56 Å². The van der Waals surface area contributed by atoms with Gasteiger partial charge < -0.3 is 4.52 Å². The largest absolute Gasteiger partial charge is 0.445 e. The van der Waals surface area contributed by atoms with E-state index in [9.17, 15) is 4.79 Å². The zero-order valence-electron chi connectivity index (χ0n) is 6.91. The molecule has 0 aliphatic rings. The first kappa shape index (κ1) is 9.21. The minimum Gasteiger partial charge on any atom is -0.445 e. The number of hydrogen-bond donors (Lipinski definition) is 0. The van der Waals surface area contributed by atoms with E-state index in [-0.39, 0.29) is 14.8 Å². The predicted molar refractivity (Wildman–Crippen MR) is 50.7 cm³/mol. The Morgan fingerprint density at radius 2 is 2.08 bits per heavy atom. The monoisotopic (exact) mass is 182 g/mol. The summed E-state index contributed by atoms with van der Waals surface area (Å²) >= 11 is 0. The third kappa shape index (κ3) is 2.63. The second kappa shape index (κ2) is 4.89. The number of rotatable bonds is 3. The normalized spacial score (nSPS) is 10.4. The molecule has 0 spiro atoms. The fourth-order valence-electron chi connectivity index (χ4n) is 0.771. The minimum atomic E-state index is -0.226. The average molecular weight is 182 g/mol. The second-order valence-electron chi connectivity index (χ2n) is 2.25. The van der Waals surface area contributed by atoms with Crippen molar-refractivity contribution >= 4 is 14.8 Å². The van der Waals surface area contributed by atoms with Gasteiger partial charge >= 0.3 is 5.97 Å². The highest BCUT2D eigenvalue weighted by atomic mass is 31.1. The Labute approximate surface area is 73.8 Å². The lowest BCUT2D eigenvalue weighted by atomic mass is 10.2. The van der Waals surface area contributed by atoms with E-state index in [2.05, 4.69) is 0 Å². The zero-order valence-corrected chi connectivity index (χ0v) is 7.91. The van der Waals surface area contributed by atoms with Crippen LogP contribution in [0.25, 0.3) is 0 Å². The molecule has 1 aromatic rings. The van der Waals surface area contributed by atoms with Gasteiger partial charge in [-0.1, -0.05) is 25.1 Å². The molecule has 1 aromatic carbocycles. The molecule has 0 bridgehead atoms. The average Bonchev–Trinajstić information content (AvgIpc) is 2.15. The zero-order chi connectivity index (χ0) is 8.81. The molecule has 0 radical (unpaired) electrons. The van der Waals surface area contributed by atoms with Crippen LogP contribution in [0.2, 0.25) is 0 Å². The van der Waals surface area contributed by atoms with Gasteiger partial charge in [0.2, 0.25) is 0 Å². The van der Waals surface area contributed by atoms with Gasteiger partial charge in [0.05, 0.1) is 14.4 Å². The Morgan fingerprint density at radius 3 is 2.67 bits per heavy atom. The maximum atomic E-state index is 11.2. The van der Waals surface area contributed by atoms with Crippen LogP contribution >= 0.6 is 8.81 Å². The molecule has 0 aliphatic carbocycles. The van der Waals surface area contributed by atoms with Gasteiger partial charge in [-0.05, 0) is 18.3 Å². The maximum Gasteiger partial charge on any atom is 0.340 e. The molecule has 12 heavy (non-hydrogen) atoms. The van der Waals surface area contributed by atoms with Crippen molar-refractivity contribution in [3.8, 4) is 0 Å². The molecule has 0 saturated heterocycles. The second-order valence-corrected chi connectivity index (χ2v) is 3.45. The fourth-order valence-corrected chi connectivity index (χ4v) is 1.16. The lowest BCUT2D eigenvalue weighted by Gasteiger charge is -2.00. The van der Waals surface area contributed by atoms with Crippen LogP contribution in [0.3, 0.4) is 0 Å². The Hall–Kier alpha value is -0.880. The van der Waals surface area contributed by atoms with Crippen molar-refractivity contribution < 1.29 is 9.32 Å². The van der Waals surface area contributed by atoms with Crippen LogP contribution in [-0.4, -0.2) is 12.1 Å². The number of carbonyl (C=O) groups excluding carboxylic acids is 1. The molecular formula is C9H11O2P. The molecule has 1 atom stereocenters. The quantitative estimate of drug-likeness (QED) is 0.671. The molecule has 3 heteroatoms. The lowest BCUT2D eigenvalue weighted by molar-refractivity contribution is 0.0760. The lowest BCUT2D eigenvalue weighted by Crippen LogP contribution is -1.97. The SMILES string of the molecule is CCPOC(=O)c1ccccc1. The van der Waals surface area contributed by atoms with E-state index in [1.54, 1.807) is 12.1 Å². The van der Waals surface area contributed by atoms with Gasteiger partial charge in [-0.2, -0.15) is 0 Å². The van der Waals surface area contributed by atoms with Crippen molar-refractivity contribution in [1.29, 1.82) is 0 Å². The third-order valence-corrected chi connectivity index (χ3v) is 1.94. The highest BCUT2D eigenvalue weighted by molar-refractivity contribution is 7.32. The Balaban J connectivity index is 2.54. The van der Waals surface area contributed by atoms with Gasteiger partial charge in [0, 0.05) is 0 Å². The van der Waals surface area contributed by atoms with Crippen LogP contribution in [0.15, 0.2) is 30.3 Å². The molecule has 1 rings (SSSR count). The highest BCUT2D eigenvalue weighted by Crippen LogP contribution is 2.14. The van der Waals surface area contributed by atoms with E-state index in [0.717, 1.165) is 6.16 Å². The van der Waals surface area contributed by atoms with E-state index in [1.165, 1.54) is 0 Å². The first-order valence-corrected chi connectivity index (χ1v) is 4.95. The highest BCUT2D eigenvalue weighted by Gasteiger charge is 2.03. The molecule has 2 nitrogen and oxygen atoms in total. The molecule has 0 aliphatic heterocycles. The van der Waals surface area contributed by atoms with Crippen molar-refractivity contribution in [1.82, 2.24) is 0 Å². The molecule has 0 N–H and O–H groups in total. The Morgan fingerprint density at radius 1 is 1.42 bits per heavy atom. The Kier molecular flexibility index (Phi) is 3.75. The Bertz CT molecular complexity index is 246. The van der Waals surface area contributed by atoms with Crippen LogP contribution in [0.1, 0.15) is 17.3 Å². The third-order valence-electron chi connectivity index (χ3n) is 1.32. The molecule has 0 amide bonds. The van der Waals surface area contributed by atoms with Gasteiger partial charge in [0.1, 0.15) is 0 Å². The first-order valence-electron chi connectivity index (χ1n) is 3.83. The van der Waals surface area contributed by atoms with Crippen molar-refractivity contribution in [2.45, 2.75) is 6.92 Å². The maximum absolute atomic E-state index is 11.2. The minimum absolute atomic E-state index is 0.226. The summed E-state index contributed by atoms with van der Waals surface area (Å²) < 4.78 is 4.97. The van der Waals surface area contributed by atoms with Gasteiger partial charge in [0.15, 0.2) is 0 Å². The van der Waals surface area contributed by atoms with E-state index >= 15 is 0 Å². The van der Waals surface area contributed by atoms with E-state index in [4.69, 9.17) is 4.52 Å². The van der Waals surface area contributed by atoms with Crippen LogP contribution in [0.4, 0.5) is 0 Å². The summed E-state index contributed by atoms with van der Waals surface area (Å²) in [6.45, 7) is 1.98. The van der Waals surface area contributed by atoms with Crippen molar-refractivity contribution in [3.05, 3.63) is 35.9 Å². The smallest absolute Gasteiger partial charge is 0.340 e. The van der Waals surface area contributed by atoms with Crippen LogP contribution in [-0.2, 0) is 4.52 Å². The predicted octanol–water partition coefficient (Wildman–Crippen LogP) is 2.46. The summed E-state index contributed by atoms with van der Waals surface area (Å²) in [5.74, 6) is -0.226. The summed E-state index contributed by atoms with van der Waals surface area (Å²) in [6.07, 6.45) is 0.887. The van der Waals surface area contributed by atoms with Crippen LogP contribution < -0.4 is 0 Å². The fraction of sp³-hybridized carbons (Fsp3) is 0.222. The number of hydrogen-bond acceptors (Lipinski definition) is 2. The summed E-state index contributed by atoms with van der Waals surface area (Å²) in [5, 5.41) is 0. The standard InChI is InChI=1S/C9H11O2P/c1-2-12-11-9(10)8-6-4-3-5-7-8/h3-7,12H,2H2,1H3. The summed E-state index contributed by atoms with van der Waals surface area (Å²) in [5.41, 5.74) is 0.624. The van der Waals surface area contributed by atoms with E-state index < -0.39 is 0 Å². The number of carbonyl (C=O) groups is 1. The molecular weight excluding hydrogens is 171 g/mol. The molecule has 1 unspecified atom stereocenters. The molecule has 0 heterocycles. The topological polar surface area (TPSA) is 26.3 Å². The number of benzene rings is 1. The molecule has 0 aromatic heterocycles. The molecule has 0 saturated carbocycles.